The van der Waals surface area contributed by atoms with Crippen LogP contribution in [0, 0.1) is 13.8 Å². The number of thioether (sulfide) groups is 1. The largest absolute Gasteiger partial charge is 0.312 e. The van der Waals surface area contributed by atoms with E-state index in [-0.39, 0.29) is 0 Å². The van der Waals surface area contributed by atoms with E-state index in [1.54, 1.807) is 11.8 Å². The van der Waals surface area contributed by atoms with Crippen molar-refractivity contribution in [2.75, 3.05) is 12.8 Å². The lowest BCUT2D eigenvalue weighted by molar-refractivity contribution is 0.661. The standard InChI is InChI=1S/C17H20ClNS/c1-12-8-9-14(10-13(12)2)16(19-3)11-20-17-7-5-4-6-15(17)18/h4-10,16,19H,11H2,1-3H3. The van der Waals surface area contributed by atoms with Gasteiger partial charge in [0, 0.05) is 16.7 Å². The summed E-state index contributed by atoms with van der Waals surface area (Å²) in [6.07, 6.45) is 0. The van der Waals surface area contributed by atoms with Gasteiger partial charge in [-0.25, -0.2) is 0 Å². The number of aryl methyl sites for hydroxylation is 2. The van der Waals surface area contributed by atoms with Crippen LogP contribution in [0.25, 0.3) is 0 Å². The monoisotopic (exact) mass is 305 g/mol. The molecule has 0 aliphatic rings. The minimum absolute atomic E-state index is 0.329. The molecule has 0 fully saturated rings. The highest BCUT2D eigenvalue weighted by molar-refractivity contribution is 7.99. The van der Waals surface area contributed by atoms with E-state index < -0.39 is 0 Å². The van der Waals surface area contributed by atoms with Gasteiger partial charge in [0.05, 0.1) is 5.02 Å². The number of hydrogen-bond acceptors (Lipinski definition) is 2. The zero-order valence-corrected chi connectivity index (χ0v) is 13.7. The van der Waals surface area contributed by atoms with Gasteiger partial charge in [0.25, 0.3) is 0 Å². The first-order valence-electron chi connectivity index (χ1n) is 6.73. The maximum Gasteiger partial charge on any atom is 0.0541 e. The van der Waals surface area contributed by atoms with Crippen LogP contribution in [0.1, 0.15) is 22.7 Å². The number of nitrogens with one attached hydrogen (secondary N) is 1. The molecule has 0 bridgehead atoms. The summed E-state index contributed by atoms with van der Waals surface area (Å²) in [5.74, 6) is 0.961. The van der Waals surface area contributed by atoms with Crippen LogP contribution in [-0.4, -0.2) is 12.8 Å². The molecule has 2 aromatic rings. The Morgan fingerprint density at radius 1 is 1.10 bits per heavy atom. The summed E-state index contributed by atoms with van der Waals surface area (Å²) >= 11 is 7.99. The first-order valence-corrected chi connectivity index (χ1v) is 8.10. The minimum atomic E-state index is 0.329. The smallest absolute Gasteiger partial charge is 0.0541 e. The third-order valence-electron chi connectivity index (χ3n) is 3.52. The Labute approximate surface area is 130 Å². The molecule has 0 saturated carbocycles. The number of benzene rings is 2. The summed E-state index contributed by atoms with van der Waals surface area (Å²) in [5.41, 5.74) is 4.00. The first kappa shape index (κ1) is 15.4. The van der Waals surface area contributed by atoms with Crippen LogP contribution in [0.5, 0.6) is 0 Å². The molecule has 1 N–H and O–H groups in total. The lowest BCUT2D eigenvalue weighted by Crippen LogP contribution is -2.18. The van der Waals surface area contributed by atoms with E-state index in [9.17, 15) is 0 Å². The van der Waals surface area contributed by atoms with Crippen molar-refractivity contribution in [3.8, 4) is 0 Å². The molecule has 1 nitrogen and oxygen atoms in total. The van der Waals surface area contributed by atoms with Crippen molar-refractivity contribution in [1.29, 1.82) is 0 Å². The highest BCUT2D eigenvalue weighted by Gasteiger charge is 2.11. The molecule has 0 aliphatic carbocycles. The Balaban J connectivity index is 2.09. The average molecular weight is 306 g/mol. The molecule has 0 radical (unpaired) electrons. The zero-order chi connectivity index (χ0) is 14.5. The van der Waals surface area contributed by atoms with Gasteiger partial charge in [-0.1, -0.05) is 41.9 Å². The molecule has 0 amide bonds. The van der Waals surface area contributed by atoms with Crippen molar-refractivity contribution in [2.24, 2.45) is 0 Å². The zero-order valence-electron chi connectivity index (χ0n) is 12.1. The lowest BCUT2D eigenvalue weighted by atomic mass is 10.0. The van der Waals surface area contributed by atoms with Crippen molar-refractivity contribution >= 4 is 23.4 Å². The molecule has 0 aliphatic heterocycles. The quantitative estimate of drug-likeness (QED) is 0.779. The Bertz CT molecular complexity index is 583. The van der Waals surface area contributed by atoms with Crippen molar-refractivity contribution in [3.63, 3.8) is 0 Å². The van der Waals surface area contributed by atoms with E-state index in [1.807, 2.05) is 25.2 Å². The summed E-state index contributed by atoms with van der Waals surface area (Å²) in [6, 6.07) is 15.0. The number of halogens is 1. The van der Waals surface area contributed by atoms with Crippen LogP contribution in [0.3, 0.4) is 0 Å². The Morgan fingerprint density at radius 2 is 1.85 bits per heavy atom. The van der Waals surface area contributed by atoms with Crippen molar-refractivity contribution in [3.05, 3.63) is 64.2 Å². The van der Waals surface area contributed by atoms with E-state index in [0.717, 1.165) is 15.7 Å². The van der Waals surface area contributed by atoms with Crippen molar-refractivity contribution < 1.29 is 0 Å². The topological polar surface area (TPSA) is 12.0 Å². The van der Waals surface area contributed by atoms with Gasteiger partial charge in [0.15, 0.2) is 0 Å². The van der Waals surface area contributed by atoms with Crippen molar-refractivity contribution in [2.45, 2.75) is 24.8 Å². The van der Waals surface area contributed by atoms with E-state index in [1.165, 1.54) is 16.7 Å². The second kappa shape index (κ2) is 7.16. The van der Waals surface area contributed by atoms with Gasteiger partial charge in [-0.2, -0.15) is 0 Å². The normalized spacial score (nSPS) is 12.4. The molecule has 2 rings (SSSR count). The summed E-state index contributed by atoms with van der Waals surface area (Å²) in [5, 5.41) is 4.22. The van der Waals surface area contributed by atoms with E-state index in [4.69, 9.17) is 11.6 Å². The summed E-state index contributed by atoms with van der Waals surface area (Å²) < 4.78 is 0. The maximum atomic E-state index is 6.20. The predicted octanol–water partition coefficient (Wildman–Crippen LogP) is 5.01. The van der Waals surface area contributed by atoms with E-state index >= 15 is 0 Å². The second-order valence-electron chi connectivity index (χ2n) is 4.93. The first-order chi connectivity index (χ1) is 9.61. The molecule has 20 heavy (non-hydrogen) atoms. The molecule has 3 heteroatoms. The molecule has 1 unspecified atom stereocenters. The third-order valence-corrected chi connectivity index (χ3v) is 5.13. The maximum absolute atomic E-state index is 6.20. The summed E-state index contributed by atoms with van der Waals surface area (Å²) in [7, 11) is 2.01. The van der Waals surface area contributed by atoms with Crippen LogP contribution < -0.4 is 5.32 Å². The lowest BCUT2D eigenvalue weighted by Gasteiger charge is -2.18. The predicted molar refractivity (Wildman–Crippen MR) is 89.9 cm³/mol. The van der Waals surface area contributed by atoms with Gasteiger partial charge in [0.2, 0.25) is 0 Å². The molecule has 1 atom stereocenters. The molecular weight excluding hydrogens is 286 g/mol. The fraction of sp³-hybridized carbons (Fsp3) is 0.294. The Hall–Kier alpha value is -0.960. The third kappa shape index (κ3) is 3.78. The SMILES string of the molecule is CNC(CSc1ccccc1Cl)c1ccc(C)c(C)c1. The number of rotatable bonds is 5. The van der Waals surface area contributed by atoms with Gasteiger partial charge < -0.3 is 5.32 Å². The van der Waals surface area contributed by atoms with Gasteiger partial charge >= 0.3 is 0 Å². The molecule has 0 aromatic heterocycles. The number of hydrogen-bond donors (Lipinski definition) is 1. The molecule has 2 aromatic carbocycles. The average Bonchev–Trinajstić information content (AvgIpc) is 2.45. The molecule has 0 saturated heterocycles. The van der Waals surface area contributed by atoms with E-state index in [2.05, 4.69) is 43.4 Å². The highest BCUT2D eigenvalue weighted by atomic mass is 35.5. The molecule has 106 valence electrons. The minimum Gasteiger partial charge on any atom is -0.312 e. The van der Waals surface area contributed by atoms with Crippen LogP contribution in [0.4, 0.5) is 0 Å². The van der Waals surface area contributed by atoms with Gasteiger partial charge in [-0.3, -0.25) is 0 Å². The fourth-order valence-electron chi connectivity index (χ4n) is 2.06. The Morgan fingerprint density at radius 3 is 2.50 bits per heavy atom. The van der Waals surface area contributed by atoms with Crippen LogP contribution in [0.15, 0.2) is 47.4 Å². The second-order valence-corrected chi connectivity index (χ2v) is 6.40. The van der Waals surface area contributed by atoms with Crippen molar-refractivity contribution in [1.82, 2.24) is 5.32 Å². The van der Waals surface area contributed by atoms with Gasteiger partial charge in [-0.05, 0) is 49.7 Å². The van der Waals surface area contributed by atoms with Crippen LogP contribution in [-0.2, 0) is 0 Å². The Kier molecular flexibility index (Phi) is 5.53. The fourth-order valence-corrected chi connectivity index (χ4v) is 3.45. The summed E-state index contributed by atoms with van der Waals surface area (Å²) in [6.45, 7) is 4.30. The molecule has 0 heterocycles. The molecule has 0 spiro atoms. The van der Waals surface area contributed by atoms with E-state index in [0.29, 0.717) is 6.04 Å². The molecular formula is C17H20ClNS. The van der Waals surface area contributed by atoms with Crippen LogP contribution in [0.2, 0.25) is 5.02 Å². The van der Waals surface area contributed by atoms with Gasteiger partial charge in [0.1, 0.15) is 0 Å². The highest BCUT2D eigenvalue weighted by Crippen LogP contribution is 2.30. The van der Waals surface area contributed by atoms with Gasteiger partial charge in [-0.15, -0.1) is 11.8 Å². The van der Waals surface area contributed by atoms with Crippen LogP contribution >= 0.6 is 23.4 Å². The summed E-state index contributed by atoms with van der Waals surface area (Å²) in [4.78, 5) is 1.14.